The number of carbonyl (C=O) groups is 1. The zero-order chi connectivity index (χ0) is 12.5. The van der Waals surface area contributed by atoms with Gasteiger partial charge in [0.15, 0.2) is 0 Å². The molecule has 3 heteroatoms. The van der Waals surface area contributed by atoms with E-state index >= 15 is 0 Å². The van der Waals surface area contributed by atoms with Crippen LogP contribution in [0.25, 0.3) is 0 Å². The monoisotopic (exact) mass is 233 g/mol. The van der Waals surface area contributed by atoms with Crippen molar-refractivity contribution >= 4 is 11.7 Å². The quantitative estimate of drug-likeness (QED) is 0.822. The number of hydrogen-bond acceptors (Lipinski definition) is 2. The SMILES string of the molecule is CCc1cccc(C)c1NCC1(C(=O)O)CC1. The summed E-state index contributed by atoms with van der Waals surface area (Å²) in [6.45, 7) is 4.71. The first kappa shape index (κ1) is 12.0. The fourth-order valence-corrected chi connectivity index (χ4v) is 2.15. The topological polar surface area (TPSA) is 49.3 Å². The van der Waals surface area contributed by atoms with Gasteiger partial charge < -0.3 is 10.4 Å². The third kappa shape index (κ3) is 2.28. The molecule has 0 heterocycles. The summed E-state index contributed by atoms with van der Waals surface area (Å²) >= 11 is 0. The fraction of sp³-hybridized carbons (Fsp3) is 0.500. The van der Waals surface area contributed by atoms with E-state index in [4.69, 9.17) is 5.11 Å². The molecule has 1 aliphatic carbocycles. The van der Waals surface area contributed by atoms with Gasteiger partial charge in [-0.15, -0.1) is 0 Å². The van der Waals surface area contributed by atoms with E-state index in [9.17, 15) is 4.79 Å². The second kappa shape index (κ2) is 4.40. The van der Waals surface area contributed by atoms with Gasteiger partial charge in [0.1, 0.15) is 0 Å². The summed E-state index contributed by atoms with van der Waals surface area (Å²) in [4.78, 5) is 11.1. The number of aliphatic carboxylic acids is 1. The minimum absolute atomic E-state index is 0.507. The lowest BCUT2D eigenvalue weighted by molar-refractivity contribution is -0.142. The maximum Gasteiger partial charge on any atom is 0.311 e. The van der Waals surface area contributed by atoms with Crippen LogP contribution in [0, 0.1) is 12.3 Å². The van der Waals surface area contributed by atoms with Gasteiger partial charge in [0, 0.05) is 12.2 Å². The van der Waals surface area contributed by atoms with Crippen molar-refractivity contribution < 1.29 is 9.90 Å². The molecule has 3 nitrogen and oxygen atoms in total. The molecule has 92 valence electrons. The van der Waals surface area contributed by atoms with Crippen LogP contribution in [0.1, 0.15) is 30.9 Å². The predicted molar refractivity (Wildman–Crippen MR) is 68.3 cm³/mol. The Morgan fingerprint density at radius 2 is 2.18 bits per heavy atom. The normalized spacial score (nSPS) is 16.6. The molecule has 0 saturated heterocycles. The highest BCUT2D eigenvalue weighted by Crippen LogP contribution is 2.46. The van der Waals surface area contributed by atoms with Crippen molar-refractivity contribution in [2.24, 2.45) is 5.41 Å². The van der Waals surface area contributed by atoms with E-state index < -0.39 is 11.4 Å². The Labute approximate surface area is 102 Å². The van der Waals surface area contributed by atoms with Crippen molar-refractivity contribution in [2.45, 2.75) is 33.1 Å². The molecule has 1 aliphatic rings. The summed E-state index contributed by atoms with van der Waals surface area (Å²) in [5.41, 5.74) is 3.05. The standard InChI is InChI=1S/C14H19NO2/c1-3-11-6-4-5-10(2)12(11)15-9-14(7-8-14)13(16)17/h4-6,15H,3,7-9H2,1-2H3,(H,16,17). The summed E-state index contributed by atoms with van der Waals surface area (Å²) in [7, 11) is 0. The molecule has 2 N–H and O–H groups in total. The summed E-state index contributed by atoms with van der Waals surface area (Å²) in [6.07, 6.45) is 2.55. The van der Waals surface area contributed by atoms with E-state index in [1.54, 1.807) is 0 Å². The number of anilines is 1. The molecule has 1 aromatic carbocycles. The molecule has 0 aliphatic heterocycles. The molecule has 1 saturated carbocycles. The lowest BCUT2D eigenvalue weighted by Crippen LogP contribution is -2.25. The van der Waals surface area contributed by atoms with Gasteiger partial charge in [-0.2, -0.15) is 0 Å². The average Bonchev–Trinajstić information content (AvgIpc) is 3.08. The number of rotatable bonds is 5. The third-order valence-corrected chi connectivity index (χ3v) is 3.65. The largest absolute Gasteiger partial charge is 0.481 e. The van der Waals surface area contributed by atoms with Crippen molar-refractivity contribution in [1.29, 1.82) is 0 Å². The highest BCUT2D eigenvalue weighted by molar-refractivity contribution is 5.78. The van der Waals surface area contributed by atoms with Gasteiger partial charge in [-0.1, -0.05) is 25.1 Å². The van der Waals surface area contributed by atoms with E-state index in [1.165, 1.54) is 11.1 Å². The number of hydrogen-bond donors (Lipinski definition) is 2. The number of carboxylic acids is 1. The minimum Gasteiger partial charge on any atom is -0.481 e. The number of benzene rings is 1. The molecule has 1 fully saturated rings. The summed E-state index contributed by atoms with van der Waals surface area (Å²) < 4.78 is 0. The van der Waals surface area contributed by atoms with Crippen molar-refractivity contribution in [2.75, 3.05) is 11.9 Å². The molecule has 0 atom stereocenters. The second-order valence-electron chi connectivity index (χ2n) is 4.90. The van der Waals surface area contributed by atoms with Crippen LogP contribution in [0.3, 0.4) is 0 Å². The molecular formula is C14H19NO2. The number of nitrogens with one attached hydrogen (secondary N) is 1. The van der Waals surface area contributed by atoms with E-state index in [0.717, 1.165) is 24.9 Å². The smallest absolute Gasteiger partial charge is 0.311 e. The maximum absolute atomic E-state index is 11.1. The van der Waals surface area contributed by atoms with Gasteiger partial charge in [-0.05, 0) is 37.3 Å². The lowest BCUT2D eigenvalue weighted by atomic mass is 10.0. The summed E-state index contributed by atoms with van der Waals surface area (Å²) in [6, 6.07) is 6.20. The Hall–Kier alpha value is -1.51. The zero-order valence-corrected chi connectivity index (χ0v) is 10.4. The van der Waals surface area contributed by atoms with Crippen LogP contribution in [0.15, 0.2) is 18.2 Å². The molecule has 0 radical (unpaired) electrons. The van der Waals surface area contributed by atoms with Crippen LogP contribution in [-0.4, -0.2) is 17.6 Å². The lowest BCUT2D eigenvalue weighted by Gasteiger charge is -2.17. The van der Waals surface area contributed by atoms with Crippen LogP contribution in [-0.2, 0) is 11.2 Å². The van der Waals surface area contributed by atoms with E-state index in [-0.39, 0.29) is 0 Å². The van der Waals surface area contributed by atoms with Crippen molar-refractivity contribution in [3.8, 4) is 0 Å². The Morgan fingerprint density at radius 3 is 2.71 bits per heavy atom. The third-order valence-electron chi connectivity index (χ3n) is 3.65. The predicted octanol–water partition coefficient (Wildman–Crippen LogP) is 2.83. The van der Waals surface area contributed by atoms with Gasteiger partial charge in [0.25, 0.3) is 0 Å². The molecule has 0 bridgehead atoms. The van der Waals surface area contributed by atoms with Gasteiger partial charge in [-0.25, -0.2) is 0 Å². The number of para-hydroxylation sites is 1. The number of carboxylic acid groups (broad SMARTS) is 1. The number of aryl methyl sites for hydroxylation is 2. The van der Waals surface area contributed by atoms with E-state index in [2.05, 4.69) is 31.3 Å². The second-order valence-corrected chi connectivity index (χ2v) is 4.90. The van der Waals surface area contributed by atoms with Crippen molar-refractivity contribution in [1.82, 2.24) is 0 Å². The van der Waals surface area contributed by atoms with Crippen LogP contribution in [0.2, 0.25) is 0 Å². The minimum atomic E-state index is -0.670. The van der Waals surface area contributed by atoms with Gasteiger partial charge >= 0.3 is 5.97 Å². The molecule has 0 unspecified atom stereocenters. The van der Waals surface area contributed by atoms with Gasteiger partial charge in [-0.3, -0.25) is 4.79 Å². The van der Waals surface area contributed by atoms with Crippen LogP contribution in [0.4, 0.5) is 5.69 Å². The molecule has 17 heavy (non-hydrogen) atoms. The highest BCUT2D eigenvalue weighted by Gasteiger charge is 2.50. The van der Waals surface area contributed by atoms with Gasteiger partial charge in [0.05, 0.1) is 5.41 Å². The first-order chi connectivity index (χ1) is 8.09. The molecule has 0 spiro atoms. The molecule has 0 aromatic heterocycles. The summed E-state index contributed by atoms with van der Waals surface area (Å²) in [5.74, 6) is -0.670. The van der Waals surface area contributed by atoms with Crippen LogP contribution in [0.5, 0.6) is 0 Å². The zero-order valence-electron chi connectivity index (χ0n) is 10.4. The average molecular weight is 233 g/mol. The Bertz CT molecular complexity index is 436. The Morgan fingerprint density at radius 1 is 1.47 bits per heavy atom. The van der Waals surface area contributed by atoms with Crippen molar-refractivity contribution in [3.63, 3.8) is 0 Å². The first-order valence-corrected chi connectivity index (χ1v) is 6.15. The molecule has 0 amide bonds. The van der Waals surface area contributed by atoms with E-state index in [0.29, 0.717) is 6.54 Å². The molecular weight excluding hydrogens is 214 g/mol. The Kier molecular flexibility index (Phi) is 3.09. The highest BCUT2D eigenvalue weighted by atomic mass is 16.4. The maximum atomic E-state index is 11.1. The molecule has 1 aromatic rings. The molecule has 2 rings (SSSR count). The Balaban J connectivity index is 2.11. The van der Waals surface area contributed by atoms with Crippen LogP contribution >= 0.6 is 0 Å². The van der Waals surface area contributed by atoms with Gasteiger partial charge in [0.2, 0.25) is 0 Å². The summed E-state index contributed by atoms with van der Waals surface area (Å²) in [5, 5.41) is 12.5. The fourth-order valence-electron chi connectivity index (χ4n) is 2.15. The first-order valence-electron chi connectivity index (χ1n) is 6.15. The van der Waals surface area contributed by atoms with Crippen LogP contribution < -0.4 is 5.32 Å². The van der Waals surface area contributed by atoms with Crippen molar-refractivity contribution in [3.05, 3.63) is 29.3 Å². The van der Waals surface area contributed by atoms with E-state index in [1.807, 2.05) is 6.07 Å².